The maximum Gasteiger partial charge on any atom is 0.270 e. The number of methoxy groups -OCH3 is 1. The summed E-state index contributed by atoms with van der Waals surface area (Å²) in [6, 6.07) is 16.8. The lowest BCUT2D eigenvalue weighted by molar-refractivity contribution is -0.122. The summed E-state index contributed by atoms with van der Waals surface area (Å²) >= 11 is 13.0. The van der Waals surface area contributed by atoms with Crippen molar-refractivity contribution < 1.29 is 9.53 Å². The first kappa shape index (κ1) is 26.5. The van der Waals surface area contributed by atoms with Gasteiger partial charge in [0.25, 0.3) is 11.5 Å². The maximum atomic E-state index is 13.4. The van der Waals surface area contributed by atoms with Crippen LogP contribution in [0.4, 0.5) is 5.82 Å². The molecule has 4 rings (SSSR count). The Hall–Kier alpha value is -3.58. The van der Waals surface area contributed by atoms with E-state index in [9.17, 15) is 14.9 Å². The van der Waals surface area contributed by atoms with Crippen molar-refractivity contribution in [1.29, 1.82) is 5.26 Å². The van der Waals surface area contributed by atoms with Crippen molar-refractivity contribution in [3.05, 3.63) is 96.6 Å². The second kappa shape index (κ2) is 11.2. The van der Waals surface area contributed by atoms with Crippen LogP contribution in [0.15, 0.2) is 58.2 Å². The third-order valence-electron chi connectivity index (χ3n) is 6.05. The molecule has 10 heteroatoms. The molecule has 7 nitrogen and oxygen atoms in total. The van der Waals surface area contributed by atoms with Gasteiger partial charge in [0.15, 0.2) is 0 Å². The molecule has 1 saturated heterocycles. The zero-order chi connectivity index (χ0) is 26.7. The van der Waals surface area contributed by atoms with Crippen LogP contribution in [-0.2, 0) is 24.9 Å². The average Bonchev–Trinajstić information content (AvgIpc) is 3.16. The molecule has 0 saturated carbocycles. The van der Waals surface area contributed by atoms with Crippen LogP contribution in [0.2, 0.25) is 5.02 Å². The van der Waals surface area contributed by atoms with Crippen molar-refractivity contribution in [2.75, 3.05) is 12.4 Å². The van der Waals surface area contributed by atoms with Crippen molar-refractivity contribution >= 4 is 57.7 Å². The van der Waals surface area contributed by atoms with E-state index in [2.05, 4.69) is 5.32 Å². The number of aromatic nitrogens is 1. The third kappa shape index (κ3) is 5.42. The molecule has 1 aliphatic heterocycles. The summed E-state index contributed by atoms with van der Waals surface area (Å²) in [7, 11) is 3.18. The van der Waals surface area contributed by atoms with Gasteiger partial charge in [-0.25, -0.2) is 0 Å². The van der Waals surface area contributed by atoms with Crippen molar-refractivity contribution in [1.82, 2.24) is 9.47 Å². The first-order valence-corrected chi connectivity index (χ1v) is 12.8. The number of rotatable bonds is 7. The number of carbonyl (C=O) groups excluding carboxylic acids is 1. The van der Waals surface area contributed by atoms with Crippen molar-refractivity contribution in [3.8, 4) is 11.8 Å². The number of ether oxygens (including phenoxy) is 1. The molecule has 2 heterocycles. The molecule has 1 fully saturated rings. The molecule has 37 heavy (non-hydrogen) atoms. The molecular weight excluding hydrogens is 528 g/mol. The van der Waals surface area contributed by atoms with E-state index in [0.717, 1.165) is 16.9 Å². The average molecular weight is 551 g/mol. The molecule has 1 aromatic heterocycles. The summed E-state index contributed by atoms with van der Waals surface area (Å²) in [6.07, 6.45) is 1.69. The molecule has 1 aliphatic rings. The Balaban J connectivity index is 1.70. The molecular formula is C27H23ClN4O3S2. The largest absolute Gasteiger partial charge is 0.497 e. The molecule has 0 atom stereocenters. The van der Waals surface area contributed by atoms with Gasteiger partial charge in [-0.2, -0.15) is 5.26 Å². The Labute approximate surface area is 229 Å². The maximum absolute atomic E-state index is 13.4. The van der Waals surface area contributed by atoms with E-state index in [1.165, 1.54) is 21.2 Å². The number of hydrogen-bond donors (Lipinski definition) is 1. The van der Waals surface area contributed by atoms with Crippen molar-refractivity contribution in [2.45, 2.75) is 20.0 Å². The Kier molecular flexibility index (Phi) is 8.03. The minimum Gasteiger partial charge on any atom is -0.497 e. The second-order valence-corrected chi connectivity index (χ2v) is 10.4. The first-order chi connectivity index (χ1) is 17.7. The number of carbonyl (C=O) groups is 1. The van der Waals surface area contributed by atoms with Gasteiger partial charge in [0.1, 0.15) is 27.5 Å². The predicted octanol–water partition coefficient (Wildman–Crippen LogP) is 5.24. The minimum absolute atomic E-state index is 0.0192. The minimum atomic E-state index is -0.425. The monoisotopic (exact) mass is 550 g/mol. The zero-order valence-corrected chi connectivity index (χ0v) is 22.8. The highest BCUT2D eigenvalue weighted by molar-refractivity contribution is 8.26. The van der Waals surface area contributed by atoms with Crippen LogP contribution in [0.5, 0.6) is 5.75 Å². The fourth-order valence-corrected chi connectivity index (χ4v) is 5.39. The smallest absolute Gasteiger partial charge is 0.270 e. The Morgan fingerprint density at radius 1 is 1.19 bits per heavy atom. The van der Waals surface area contributed by atoms with Crippen LogP contribution in [0.25, 0.3) is 6.08 Å². The number of nitrogens with one attached hydrogen (secondary N) is 1. The van der Waals surface area contributed by atoms with Gasteiger partial charge in [-0.05, 0) is 47.9 Å². The lowest BCUT2D eigenvalue weighted by atomic mass is 10.0. The van der Waals surface area contributed by atoms with E-state index in [-0.39, 0.29) is 11.5 Å². The predicted molar refractivity (Wildman–Crippen MR) is 152 cm³/mol. The molecule has 1 N–H and O–H groups in total. The fraction of sp³-hybridized carbons (Fsp3) is 0.185. The highest BCUT2D eigenvalue weighted by Crippen LogP contribution is 2.36. The summed E-state index contributed by atoms with van der Waals surface area (Å²) in [4.78, 5) is 28.2. The quantitative estimate of drug-likeness (QED) is 0.318. The molecule has 0 radical (unpaired) electrons. The number of thioether (sulfide) groups is 1. The van der Waals surface area contributed by atoms with E-state index in [0.29, 0.717) is 44.3 Å². The SMILES string of the molecule is COc1ccc(CN2C(=O)/C(=C\c3c(C)c(C#N)c(=O)n(C)c3NCc3ccccc3Cl)SC2=S)cc1. The van der Waals surface area contributed by atoms with Crippen molar-refractivity contribution in [2.24, 2.45) is 7.05 Å². The summed E-state index contributed by atoms with van der Waals surface area (Å²) in [5.74, 6) is 0.959. The number of nitrogens with zero attached hydrogens (tertiary/aromatic N) is 3. The van der Waals surface area contributed by atoms with Crippen LogP contribution < -0.4 is 15.6 Å². The number of anilines is 1. The van der Waals surface area contributed by atoms with Gasteiger partial charge in [0.2, 0.25) is 0 Å². The molecule has 0 spiro atoms. The van der Waals surface area contributed by atoms with E-state index >= 15 is 0 Å². The third-order valence-corrected chi connectivity index (χ3v) is 7.80. The molecule has 3 aromatic rings. The summed E-state index contributed by atoms with van der Waals surface area (Å²) in [5.41, 5.74) is 2.39. The Morgan fingerprint density at radius 2 is 1.89 bits per heavy atom. The lowest BCUT2D eigenvalue weighted by Gasteiger charge is -2.18. The van der Waals surface area contributed by atoms with E-state index in [1.807, 2.05) is 48.5 Å². The molecule has 0 aliphatic carbocycles. The van der Waals surface area contributed by atoms with Gasteiger partial charge in [0.05, 0.1) is 18.6 Å². The van der Waals surface area contributed by atoms with E-state index < -0.39 is 5.56 Å². The number of pyridine rings is 1. The van der Waals surface area contributed by atoms with Crippen molar-refractivity contribution in [3.63, 3.8) is 0 Å². The number of amides is 1. The Bertz CT molecular complexity index is 1520. The number of thiocarbonyl (C=S) groups is 1. The van der Waals surface area contributed by atoms with Gasteiger partial charge >= 0.3 is 0 Å². The lowest BCUT2D eigenvalue weighted by Crippen LogP contribution is -2.27. The number of halogens is 1. The van der Waals surface area contributed by atoms with Crippen LogP contribution in [0.3, 0.4) is 0 Å². The summed E-state index contributed by atoms with van der Waals surface area (Å²) in [5, 5.41) is 13.5. The standard InChI is InChI=1S/C27H23ClN4O3S2/c1-16-20(12-23-26(34)32(27(36)37-23)15-17-8-10-19(35-3)11-9-17)24(31(2)25(33)21(16)13-29)30-14-18-6-4-5-7-22(18)28/h4-12,30H,14-15H2,1-3H3/b23-12+. The normalized spacial score (nSPS) is 14.2. The van der Waals surface area contributed by atoms with Gasteiger partial charge in [-0.1, -0.05) is 65.9 Å². The van der Waals surface area contributed by atoms with Gasteiger partial charge < -0.3 is 10.1 Å². The molecule has 0 bridgehead atoms. The molecule has 0 unspecified atom stereocenters. The fourth-order valence-electron chi connectivity index (χ4n) is 3.95. The topological polar surface area (TPSA) is 87.4 Å². The van der Waals surface area contributed by atoms with Gasteiger partial charge in [-0.15, -0.1) is 0 Å². The summed E-state index contributed by atoms with van der Waals surface area (Å²) < 4.78 is 7.01. The van der Waals surface area contributed by atoms with E-state index in [4.69, 9.17) is 28.6 Å². The van der Waals surface area contributed by atoms with Crippen LogP contribution in [0, 0.1) is 18.3 Å². The van der Waals surface area contributed by atoms with E-state index in [1.54, 1.807) is 33.2 Å². The second-order valence-electron chi connectivity index (χ2n) is 8.30. The highest BCUT2D eigenvalue weighted by atomic mass is 35.5. The molecule has 188 valence electrons. The zero-order valence-electron chi connectivity index (χ0n) is 20.4. The summed E-state index contributed by atoms with van der Waals surface area (Å²) in [6.45, 7) is 2.36. The number of hydrogen-bond acceptors (Lipinski definition) is 7. The van der Waals surface area contributed by atoms with Crippen LogP contribution >= 0.6 is 35.6 Å². The first-order valence-electron chi connectivity index (χ1n) is 11.2. The molecule has 2 aromatic carbocycles. The van der Waals surface area contributed by atoms with Gasteiger partial charge in [0, 0.05) is 24.2 Å². The highest BCUT2D eigenvalue weighted by Gasteiger charge is 2.33. The number of benzene rings is 2. The van der Waals surface area contributed by atoms with Gasteiger partial charge in [-0.3, -0.25) is 19.1 Å². The Morgan fingerprint density at radius 3 is 2.54 bits per heavy atom. The van der Waals surface area contributed by atoms with Crippen LogP contribution in [-0.4, -0.2) is 26.8 Å². The van der Waals surface area contributed by atoms with Crippen LogP contribution in [0.1, 0.15) is 27.8 Å². The molecule has 1 amide bonds. The number of nitriles is 1.